The summed E-state index contributed by atoms with van der Waals surface area (Å²) in [4.78, 5) is 0.920. The van der Waals surface area contributed by atoms with Crippen LogP contribution in [0.3, 0.4) is 0 Å². The molecule has 3 N–H and O–H groups in total. The van der Waals surface area contributed by atoms with Crippen molar-refractivity contribution >= 4 is 27.5 Å². The van der Waals surface area contributed by atoms with Crippen molar-refractivity contribution in [2.24, 2.45) is 0 Å². The van der Waals surface area contributed by atoms with Crippen molar-refractivity contribution in [2.45, 2.75) is 4.90 Å². The number of nitrogen functional groups attached to an aromatic ring is 1. The first kappa shape index (κ1) is 12.4. The average molecular weight is 246 g/mol. The number of sulfonamides is 1. The number of anilines is 1. The molecule has 4 nitrogen and oxygen atoms in total. The Labute approximate surface area is 94.3 Å². The quantitative estimate of drug-likeness (QED) is 0.598. The zero-order valence-corrected chi connectivity index (χ0v) is 10.1. The molecule has 0 aliphatic rings. The van der Waals surface area contributed by atoms with Gasteiger partial charge in [-0.15, -0.1) is 11.8 Å². The SMILES string of the molecule is CNS(=O)(=O)CCSc1ccccc1N. The molecule has 1 rings (SSSR count). The summed E-state index contributed by atoms with van der Waals surface area (Å²) in [5.74, 6) is 0.597. The number of benzene rings is 1. The monoisotopic (exact) mass is 246 g/mol. The van der Waals surface area contributed by atoms with E-state index in [1.807, 2.05) is 18.2 Å². The second kappa shape index (κ2) is 5.39. The molecule has 0 atom stereocenters. The van der Waals surface area contributed by atoms with Crippen molar-refractivity contribution in [3.05, 3.63) is 24.3 Å². The van der Waals surface area contributed by atoms with E-state index in [9.17, 15) is 8.42 Å². The molecular formula is C9H14N2O2S2. The van der Waals surface area contributed by atoms with Crippen LogP contribution in [0.25, 0.3) is 0 Å². The molecule has 15 heavy (non-hydrogen) atoms. The second-order valence-corrected chi connectivity index (χ2v) is 6.09. The summed E-state index contributed by atoms with van der Waals surface area (Å²) >= 11 is 1.45. The number of nitrogens with two attached hydrogens (primary N) is 1. The normalized spacial score (nSPS) is 11.5. The van der Waals surface area contributed by atoms with Gasteiger partial charge in [-0.25, -0.2) is 13.1 Å². The van der Waals surface area contributed by atoms with Gasteiger partial charge < -0.3 is 5.73 Å². The molecule has 0 heterocycles. The molecule has 0 saturated carbocycles. The summed E-state index contributed by atoms with van der Waals surface area (Å²) in [6.45, 7) is 0. The van der Waals surface area contributed by atoms with E-state index in [4.69, 9.17) is 5.73 Å². The smallest absolute Gasteiger partial charge is 0.212 e. The molecule has 6 heteroatoms. The second-order valence-electron chi connectivity index (χ2n) is 2.91. The maximum absolute atomic E-state index is 11.1. The van der Waals surface area contributed by atoms with E-state index in [0.717, 1.165) is 4.90 Å². The predicted molar refractivity (Wildman–Crippen MR) is 64.4 cm³/mol. The minimum Gasteiger partial charge on any atom is -0.398 e. The van der Waals surface area contributed by atoms with Crippen LogP contribution in [0.2, 0.25) is 0 Å². The van der Waals surface area contributed by atoms with Crippen LogP contribution in [-0.2, 0) is 10.0 Å². The lowest BCUT2D eigenvalue weighted by molar-refractivity contribution is 0.590. The van der Waals surface area contributed by atoms with Gasteiger partial charge in [0.25, 0.3) is 0 Å². The standard InChI is InChI=1S/C9H14N2O2S2/c1-11-15(12,13)7-6-14-9-5-3-2-4-8(9)10/h2-5,11H,6-7,10H2,1H3. The Morgan fingerprint density at radius 2 is 2.07 bits per heavy atom. The minimum absolute atomic E-state index is 0.0997. The van der Waals surface area contributed by atoms with Crippen molar-refractivity contribution in [3.63, 3.8) is 0 Å². The number of hydrogen-bond donors (Lipinski definition) is 2. The van der Waals surface area contributed by atoms with Gasteiger partial charge in [0.1, 0.15) is 0 Å². The maximum atomic E-state index is 11.1. The van der Waals surface area contributed by atoms with E-state index in [1.165, 1.54) is 18.8 Å². The molecule has 0 radical (unpaired) electrons. The van der Waals surface area contributed by atoms with E-state index in [2.05, 4.69) is 4.72 Å². The van der Waals surface area contributed by atoms with Gasteiger partial charge in [0, 0.05) is 16.3 Å². The van der Waals surface area contributed by atoms with E-state index in [0.29, 0.717) is 11.4 Å². The predicted octanol–water partition coefficient (Wildman–Crippen LogP) is 0.910. The Bertz CT molecular complexity index is 418. The van der Waals surface area contributed by atoms with Gasteiger partial charge in [-0.3, -0.25) is 0 Å². The summed E-state index contributed by atoms with van der Waals surface area (Å²) in [7, 11) is -1.70. The summed E-state index contributed by atoms with van der Waals surface area (Å²) in [5, 5.41) is 0. The van der Waals surface area contributed by atoms with Crippen LogP contribution < -0.4 is 10.5 Å². The van der Waals surface area contributed by atoms with Gasteiger partial charge >= 0.3 is 0 Å². The third kappa shape index (κ3) is 4.11. The maximum Gasteiger partial charge on any atom is 0.212 e. The summed E-state index contributed by atoms with van der Waals surface area (Å²) in [5.41, 5.74) is 6.40. The number of nitrogens with one attached hydrogen (secondary N) is 1. The molecule has 1 aromatic carbocycles. The molecule has 0 bridgehead atoms. The van der Waals surface area contributed by atoms with Crippen molar-refractivity contribution in [1.82, 2.24) is 4.72 Å². The highest BCUT2D eigenvalue weighted by Gasteiger charge is 2.07. The van der Waals surface area contributed by atoms with Crippen LogP contribution in [0.5, 0.6) is 0 Å². The van der Waals surface area contributed by atoms with Crippen molar-refractivity contribution < 1.29 is 8.42 Å². The summed E-state index contributed by atoms with van der Waals surface area (Å²) < 4.78 is 24.5. The Balaban J connectivity index is 2.49. The topological polar surface area (TPSA) is 72.2 Å². The highest BCUT2D eigenvalue weighted by atomic mass is 32.2. The molecule has 0 spiro atoms. The van der Waals surface area contributed by atoms with Gasteiger partial charge in [0.2, 0.25) is 10.0 Å². The van der Waals surface area contributed by atoms with Crippen molar-refractivity contribution in [2.75, 3.05) is 24.3 Å². The van der Waals surface area contributed by atoms with Crippen LogP contribution in [0, 0.1) is 0 Å². The first-order chi connectivity index (χ1) is 7.05. The fourth-order valence-corrected chi connectivity index (χ4v) is 3.02. The highest BCUT2D eigenvalue weighted by Crippen LogP contribution is 2.24. The van der Waals surface area contributed by atoms with E-state index in [1.54, 1.807) is 6.07 Å². The Morgan fingerprint density at radius 3 is 2.67 bits per heavy atom. The number of thioether (sulfide) groups is 1. The summed E-state index contributed by atoms with van der Waals surface area (Å²) in [6.07, 6.45) is 0. The first-order valence-corrected chi connectivity index (χ1v) is 7.07. The first-order valence-electron chi connectivity index (χ1n) is 4.43. The van der Waals surface area contributed by atoms with Crippen LogP contribution >= 0.6 is 11.8 Å². The van der Waals surface area contributed by atoms with Crippen LogP contribution in [0.15, 0.2) is 29.2 Å². The lowest BCUT2D eigenvalue weighted by Crippen LogP contribution is -2.23. The highest BCUT2D eigenvalue weighted by molar-refractivity contribution is 8.00. The van der Waals surface area contributed by atoms with Crippen LogP contribution in [0.1, 0.15) is 0 Å². The third-order valence-corrected chi connectivity index (χ3v) is 4.55. The third-order valence-electron chi connectivity index (χ3n) is 1.84. The lowest BCUT2D eigenvalue weighted by atomic mass is 10.3. The largest absolute Gasteiger partial charge is 0.398 e. The van der Waals surface area contributed by atoms with E-state index in [-0.39, 0.29) is 5.75 Å². The van der Waals surface area contributed by atoms with E-state index >= 15 is 0 Å². The van der Waals surface area contributed by atoms with Gasteiger partial charge in [0.15, 0.2) is 0 Å². The Kier molecular flexibility index (Phi) is 4.44. The van der Waals surface area contributed by atoms with Gasteiger partial charge in [-0.1, -0.05) is 12.1 Å². The number of para-hydroxylation sites is 1. The van der Waals surface area contributed by atoms with Crippen LogP contribution in [0.4, 0.5) is 5.69 Å². The van der Waals surface area contributed by atoms with Crippen molar-refractivity contribution in [1.29, 1.82) is 0 Å². The zero-order valence-electron chi connectivity index (χ0n) is 8.43. The van der Waals surface area contributed by atoms with Gasteiger partial charge in [-0.05, 0) is 19.2 Å². The van der Waals surface area contributed by atoms with E-state index < -0.39 is 10.0 Å². The average Bonchev–Trinajstić information content (AvgIpc) is 2.21. The molecule has 0 saturated heterocycles. The fourth-order valence-electron chi connectivity index (χ4n) is 0.975. The Morgan fingerprint density at radius 1 is 1.40 bits per heavy atom. The molecule has 0 unspecified atom stereocenters. The molecule has 0 aromatic heterocycles. The summed E-state index contributed by atoms with van der Waals surface area (Å²) in [6, 6.07) is 7.41. The molecular weight excluding hydrogens is 232 g/mol. The van der Waals surface area contributed by atoms with Crippen molar-refractivity contribution in [3.8, 4) is 0 Å². The molecule has 0 fully saturated rings. The number of rotatable bonds is 5. The number of hydrogen-bond acceptors (Lipinski definition) is 4. The molecule has 84 valence electrons. The van der Waals surface area contributed by atoms with Gasteiger partial charge in [-0.2, -0.15) is 0 Å². The van der Waals surface area contributed by atoms with Crippen LogP contribution in [-0.4, -0.2) is 27.0 Å². The fraction of sp³-hybridized carbons (Fsp3) is 0.333. The zero-order chi connectivity index (χ0) is 11.3. The minimum atomic E-state index is -3.11. The molecule has 0 amide bonds. The lowest BCUT2D eigenvalue weighted by Gasteiger charge is -2.04. The molecule has 1 aromatic rings. The molecule has 0 aliphatic carbocycles. The van der Waals surface area contributed by atoms with Gasteiger partial charge in [0.05, 0.1) is 5.75 Å². The Hall–Kier alpha value is -0.720. The molecule has 0 aliphatic heterocycles.